The number of nitrogens with one attached hydrogen (secondary N) is 1. The summed E-state index contributed by atoms with van der Waals surface area (Å²) in [7, 11) is 3.56. The van der Waals surface area contributed by atoms with Crippen molar-refractivity contribution in [1.82, 2.24) is 20.0 Å². The second-order valence-electron chi connectivity index (χ2n) is 7.22. The standard InChI is InChI=1S/C22H30N4O3/c1-16-20(17(2)25(3)24-16)9-10-22(27)23-15-21(26-11-13-29-14-12-26)18-5-7-19(28-4)8-6-18/h5-10,21H,11-15H2,1-4H3,(H,23,27)/b10-9+. The van der Waals surface area contributed by atoms with Crippen LogP contribution in [-0.4, -0.2) is 60.5 Å². The third kappa shape index (κ3) is 5.25. The Morgan fingerprint density at radius 1 is 1.28 bits per heavy atom. The highest BCUT2D eigenvalue weighted by Gasteiger charge is 2.23. The molecular weight excluding hydrogens is 368 g/mol. The first-order valence-corrected chi connectivity index (χ1v) is 9.91. The van der Waals surface area contributed by atoms with Crippen molar-refractivity contribution in [3.63, 3.8) is 0 Å². The maximum absolute atomic E-state index is 12.5. The molecule has 1 N–H and O–H groups in total. The molecule has 1 aromatic heterocycles. The van der Waals surface area contributed by atoms with Crippen LogP contribution in [-0.2, 0) is 16.6 Å². The Morgan fingerprint density at radius 3 is 2.55 bits per heavy atom. The summed E-state index contributed by atoms with van der Waals surface area (Å²) in [6.07, 6.45) is 3.42. The lowest BCUT2D eigenvalue weighted by Gasteiger charge is -2.34. The van der Waals surface area contributed by atoms with Crippen LogP contribution in [0.25, 0.3) is 6.08 Å². The molecule has 0 radical (unpaired) electrons. The number of carbonyl (C=O) groups excluding carboxylic acids is 1. The maximum atomic E-state index is 12.5. The molecule has 2 aromatic rings. The number of morpholine rings is 1. The van der Waals surface area contributed by atoms with Gasteiger partial charge in [0.2, 0.25) is 5.91 Å². The Morgan fingerprint density at radius 2 is 1.97 bits per heavy atom. The van der Waals surface area contributed by atoms with Crippen LogP contribution in [0, 0.1) is 13.8 Å². The lowest BCUT2D eigenvalue weighted by molar-refractivity contribution is -0.116. The van der Waals surface area contributed by atoms with Gasteiger partial charge in [-0.05, 0) is 37.6 Å². The molecule has 1 amide bonds. The van der Waals surface area contributed by atoms with E-state index in [9.17, 15) is 4.79 Å². The fourth-order valence-corrected chi connectivity index (χ4v) is 3.62. The van der Waals surface area contributed by atoms with Gasteiger partial charge < -0.3 is 14.8 Å². The summed E-state index contributed by atoms with van der Waals surface area (Å²) >= 11 is 0. The molecule has 29 heavy (non-hydrogen) atoms. The van der Waals surface area contributed by atoms with Crippen molar-refractivity contribution < 1.29 is 14.3 Å². The highest BCUT2D eigenvalue weighted by atomic mass is 16.5. The van der Waals surface area contributed by atoms with Gasteiger partial charge in [-0.1, -0.05) is 12.1 Å². The van der Waals surface area contributed by atoms with Crippen LogP contribution >= 0.6 is 0 Å². The number of aryl methyl sites for hydroxylation is 2. The number of carbonyl (C=O) groups is 1. The first-order chi connectivity index (χ1) is 14.0. The first kappa shape index (κ1) is 21.1. The molecule has 2 heterocycles. The van der Waals surface area contributed by atoms with E-state index in [-0.39, 0.29) is 11.9 Å². The number of hydrogen-bond acceptors (Lipinski definition) is 5. The summed E-state index contributed by atoms with van der Waals surface area (Å²) in [5, 5.41) is 7.44. The Kier molecular flexibility index (Phi) is 7.06. The lowest BCUT2D eigenvalue weighted by atomic mass is 10.0. The molecule has 1 aromatic carbocycles. The fourth-order valence-electron chi connectivity index (χ4n) is 3.62. The van der Waals surface area contributed by atoms with Gasteiger partial charge in [0.1, 0.15) is 5.75 Å². The minimum atomic E-state index is -0.112. The van der Waals surface area contributed by atoms with Gasteiger partial charge >= 0.3 is 0 Å². The average molecular weight is 399 g/mol. The Balaban J connectivity index is 1.68. The molecule has 1 aliphatic rings. The van der Waals surface area contributed by atoms with Crippen molar-refractivity contribution >= 4 is 12.0 Å². The Hall–Kier alpha value is -2.64. The summed E-state index contributed by atoms with van der Waals surface area (Å²) < 4.78 is 12.6. The predicted octanol–water partition coefficient (Wildman–Crippen LogP) is 2.25. The molecule has 0 spiro atoms. The van der Waals surface area contributed by atoms with E-state index in [0.717, 1.165) is 41.4 Å². The molecule has 0 bridgehead atoms. The number of rotatable bonds is 7. The van der Waals surface area contributed by atoms with Gasteiger partial charge in [0.15, 0.2) is 0 Å². The molecular formula is C22H30N4O3. The third-order valence-corrected chi connectivity index (χ3v) is 5.42. The van der Waals surface area contributed by atoms with Crippen LogP contribution in [0.5, 0.6) is 5.75 Å². The van der Waals surface area contributed by atoms with Crippen LogP contribution in [0.3, 0.4) is 0 Å². The number of benzene rings is 1. The van der Waals surface area contributed by atoms with E-state index >= 15 is 0 Å². The van der Waals surface area contributed by atoms with Crippen LogP contribution in [0.1, 0.15) is 28.6 Å². The minimum absolute atomic E-state index is 0.0871. The number of ether oxygens (including phenoxy) is 2. The van der Waals surface area contributed by atoms with Crippen molar-refractivity contribution in [2.75, 3.05) is 40.0 Å². The molecule has 1 atom stereocenters. The molecule has 0 aliphatic carbocycles. The van der Waals surface area contributed by atoms with Crippen molar-refractivity contribution in [3.8, 4) is 5.75 Å². The number of aromatic nitrogens is 2. The molecule has 1 aliphatic heterocycles. The van der Waals surface area contributed by atoms with Crippen LogP contribution in [0.2, 0.25) is 0 Å². The Labute approximate surface area is 172 Å². The largest absolute Gasteiger partial charge is 0.497 e. The zero-order valence-electron chi connectivity index (χ0n) is 17.6. The molecule has 156 valence electrons. The highest BCUT2D eigenvalue weighted by molar-refractivity contribution is 5.92. The number of methoxy groups -OCH3 is 1. The molecule has 3 rings (SSSR count). The molecule has 1 fully saturated rings. The summed E-state index contributed by atoms with van der Waals surface area (Å²) in [4.78, 5) is 14.8. The van der Waals surface area contributed by atoms with E-state index in [0.29, 0.717) is 19.8 Å². The second kappa shape index (κ2) is 9.71. The number of nitrogens with zero attached hydrogens (tertiary/aromatic N) is 3. The molecule has 7 nitrogen and oxygen atoms in total. The third-order valence-electron chi connectivity index (χ3n) is 5.42. The monoisotopic (exact) mass is 398 g/mol. The fraction of sp³-hybridized carbons (Fsp3) is 0.455. The summed E-state index contributed by atoms with van der Waals surface area (Å²) in [6, 6.07) is 8.12. The van der Waals surface area contributed by atoms with Crippen molar-refractivity contribution in [1.29, 1.82) is 0 Å². The van der Waals surface area contributed by atoms with Crippen molar-refractivity contribution in [3.05, 3.63) is 52.9 Å². The van der Waals surface area contributed by atoms with Crippen molar-refractivity contribution in [2.45, 2.75) is 19.9 Å². The van der Waals surface area contributed by atoms with Crippen LogP contribution < -0.4 is 10.1 Å². The van der Waals surface area contributed by atoms with Crippen LogP contribution in [0.4, 0.5) is 0 Å². The van der Waals surface area contributed by atoms with E-state index in [1.807, 2.05) is 43.8 Å². The zero-order valence-corrected chi connectivity index (χ0v) is 17.6. The molecule has 1 saturated heterocycles. The molecule has 1 unspecified atom stereocenters. The van der Waals surface area contributed by atoms with Gasteiger partial charge in [0.05, 0.1) is 32.1 Å². The van der Waals surface area contributed by atoms with Gasteiger partial charge in [0.25, 0.3) is 0 Å². The van der Waals surface area contributed by atoms with Gasteiger partial charge in [-0.2, -0.15) is 5.10 Å². The van der Waals surface area contributed by atoms with E-state index in [4.69, 9.17) is 9.47 Å². The topological polar surface area (TPSA) is 68.6 Å². The molecule has 0 saturated carbocycles. The normalized spacial score (nSPS) is 16.1. The summed E-state index contributed by atoms with van der Waals surface area (Å²) in [5.74, 6) is 0.711. The SMILES string of the molecule is COc1ccc(C(CNC(=O)/C=C/c2c(C)nn(C)c2C)N2CCOCC2)cc1. The van der Waals surface area contributed by atoms with Crippen LogP contribution in [0.15, 0.2) is 30.3 Å². The lowest BCUT2D eigenvalue weighted by Crippen LogP contribution is -2.43. The van der Waals surface area contributed by atoms with Gasteiger partial charge in [-0.15, -0.1) is 0 Å². The van der Waals surface area contributed by atoms with Gasteiger partial charge in [0, 0.05) is 44.0 Å². The second-order valence-corrected chi connectivity index (χ2v) is 7.22. The minimum Gasteiger partial charge on any atom is -0.497 e. The average Bonchev–Trinajstić information content (AvgIpc) is 2.99. The smallest absolute Gasteiger partial charge is 0.244 e. The quantitative estimate of drug-likeness (QED) is 0.725. The first-order valence-electron chi connectivity index (χ1n) is 9.91. The van der Waals surface area contributed by atoms with E-state index in [1.54, 1.807) is 13.2 Å². The van der Waals surface area contributed by atoms with Gasteiger partial charge in [-0.25, -0.2) is 0 Å². The van der Waals surface area contributed by atoms with E-state index < -0.39 is 0 Å². The predicted molar refractivity (Wildman–Crippen MR) is 113 cm³/mol. The van der Waals surface area contributed by atoms with E-state index in [2.05, 4.69) is 27.4 Å². The van der Waals surface area contributed by atoms with E-state index in [1.165, 1.54) is 0 Å². The highest BCUT2D eigenvalue weighted by Crippen LogP contribution is 2.23. The summed E-state index contributed by atoms with van der Waals surface area (Å²) in [5.41, 5.74) is 4.09. The van der Waals surface area contributed by atoms with Gasteiger partial charge in [-0.3, -0.25) is 14.4 Å². The maximum Gasteiger partial charge on any atom is 0.244 e. The Bertz CT molecular complexity index is 852. The summed E-state index contributed by atoms with van der Waals surface area (Å²) in [6.45, 7) is 7.58. The van der Waals surface area contributed by atoms with Crippen molar-refractivity contribution in [2.24, 2.45) is 7.05 Å². The molecule has 7 heteroatoms. The zero-order chi connectivity index (χ0) is 20.8. The number of amides is 1. The number of hydrogen-bond donors (Lipinski definition) is 1.